The number of hydrogen-bond acceptors (Lipinski definition) is 4. The van der Waals surface area contributed by atoms with Crippen molar-refractivity contribution in [3.8, 4) is 11.8 Å². The summed E-state index contributed by atoms with van der Waals surface area (Å²) in [7, 11) is 0. The van der Waals surface area contributed by atoms with Crippen LogP contribution in [-0.2, 0) is 4.74 Å². The van der Waals surface area contributed by atoms with Gasteiger partial charge in [0.1, 0.15) is 6.10 Å². The first-order valence-corrected chi connectivity index (χ1v) is 8.33. The largest absolute Gasteiger partial charge is 0.357 e. The number of carbonyl (C=O) groups is 1. The van der Waals surface area contributed by atoms with E-state index in [2.05, 4.69) is 30.0 Å². The molecule has 2 atom stereocenters. The van der Waals surface area contributed by atoms with Crippen molar-refractivity contribution in [2.75, 3.05) is 6.54 Å². The average Bonchev–Trinajstić information content (AvgIpc) is 3.17. The van der Waals surface area contributed by atoms with Crippen LogP contribution in [0.25, 0.3) is 10.1 Å². The average molecular weight is 330 g/mol. The highest BCUT2D eigenvalue weighted by molar-refractivity contribution is 7.19. The molecule has 1 aromatic heterocycles. The molecule has 2 aromatic rings. The number of nitrogens with zero attached hydrogens (tertiary/aromatic N) is 1. The first-order chi connectivity index (χ1) is 11.1. The number of primary amides is 1. The van der Waals surface area contributed by atoms with Gasteiger partial charge in [-0.2, -0.15) is 0 Å². The molecule has 0 bridgehead atoms. The number of benzene rings is 1. The molecule has 23 heavy (non-hydrogen) atoms. The fraction of sp³-hybridized carbons (Fsp3) is 0.353. The molecule has 1 saturated heterocycles. The Morgan fingerprint density at radius 1 is 1.43 bits per heavy atom. The zero-order chi connectivity index (χ0) is 16.2. The van der Waals surface area contributed by atoms with Gasteiger partial charge in [-0.25, -0.2) is 9.86 Å². The normalized spacial score (nSPS) is 20.2. The number of urea groups is 1. The van der Waals surface area contributed by atoms with Gasteiger partial charge < -0.3 is 10.5 Å². The molecule has 0 spiro atoms. The van der Waals surface area contributed by atoms with Crippen molar-refractivity contribution in [2.24, 2.45) is 5.73 Å². The summed E-state index contributed by atoms with van der Waals surface area (Å²) in [5, 5.41) is 10.9. The Balaban J connectivity index is 1.55. The van der Waals surface area contributed by atoms with Gasteiger partial charge in [-0.15, -0.1) is 11.3 Å². The van der Waals surface area contributed by atoms with Crippen LogP contribution in [0.2, 0.25) is 0 Å². The van der Waals surface area contributed by atoms with E-state index in [0.29, 0.717) is 11.5 Å². The predicted octanol–water partition coefficient (Wildman–Crippen LogP) is 3.28. The van der Waals surface area contributed by atoms with Gasteiger partial charge in [-0.1, -0.05) is 30.0 Å². The fourth-order valence-electron chi connectivity index (χ4n) is 2.57. The molecular weight excluding hydrogens is 312 g/mol. The fourth-order valence-corrected chi connectivity index (χ4v) is 3.71. The Morgan fingerprint density at radius 3 is 3.04 bits per heavy atom. The third kappa shape index (κ3) is 3.82. The molecule has 3 N–H and O–H groups in total. The molecule has 1 aliphatic heterocycles. The summed E-state index contributed by atoms with van der Waals surface area (Å²) in [4.78, 5) is 11.9. The SMILES string of the molecule is NC(=O)N(O)CCC#C[C@@H]1CC[C@@H](c2cc3ccccc3s2)O1. The zero-order valence-corrected chi connectivity index (χ0v) is 13.4. The molecule has 5 nitrogen and oxygen atoms in total. The van der Waals surface area contributed by atoms with E-state index >= 15 is 0 Å². The van der Waals surface area contributed by atoms with Crippen LogP contribution < -0.4 is 5.73 Å². The molecule has 1 aromatic carbocycles. The van der Waals surface area contributed by atoms with Gasteiger partial charge >= 0.3 is 6.03 Å². The van der Waals surface area contributed by atoms with E-state index < -0.39 is 6.03 Å². The van der Waals surface area contributed by atoms with E-state index in [1.54, 1.807) is 11.3 Å². The minimum absolute atomic E-state index is 0.0917. The first-order valence-electron chi connectivity index (χ1n) is 7.51. The number of carbonyl (C=O) groups excluding carboxylic acids is 1. The number of hydrogen-bond donors (Lipinski definition) is 2. The molecule has 2 heterocycles. The lowest BCUT2D eigenvalue weighted by atomic mass is 10.1. The van der Waals surface area contributed by atoms with Gasteiger partial charge in [0, 0.05) is 16.0 Å². The van der Waals surface area contributed by atoms with Crippen LogP contribution in [0.4, 0.5) is 4.79 Å². The Hall–Kier alpha value is -2.07. The third-order valence-electron chi connectivity index (χ3n) is 3.75. The second-order valence-corrected chi connectivity index (χ2v) is 6.53. The summed E-state index contributed by atoms with van der Waals surface area (Å²) >= 11 is 1.77. The highest BCUT2D eigenvalue weighted by Crippen LogP contribution is 2.38. The Kier molecular flexibility index (Phi) is 4.82. The highest BCUT2D eigenvalue weighted by Gasteiger charge is 2.26. The number of amides is 2. The highest BCUT2D eigenvalue weighted by atomic mass is 32.1. The molecule has 0 aliphatic carbocycles. The van der Waals surface area contributed by atoms with E-state index in [1.165, 1.54) is 15.0 Å². The molecule has 0 unspecified atom stereocenters. The summed E-state index contributed by atoms with van der Waals surface area (Å²) in [5.41, 5.74) is 4.92. The van der Waals surface area contributed by atoms with Crippen LogP contribution in [0.1, 0.15) is 30.2 Å². The van der Waals surface area contributed by atoms with Crippen LogP contribution in [0.15, 0.2) is 30.3 Å². The van der Waals surface area contributed by atoms with E-state index in [9.17, 15) is 4.79 Å². The topological polar surface area (TPSA) is 75.8 Å². The Morgan fingerprint density at radius 2 is 2.26 bits per heavy atom. The zero-order valence-electron chi connectivity index (χ0n) is 12.6. The van der Waals surface area contributed by atoms with Crippen molar-refractivity contribution >= 4 is 27.5 Å². The van der Waals surface area contributed by atoms with Gasteiger partial charge in [-0.3, -0.25) is 5.21 Å². The summed E-state index contributed by atoms with van der Waals surface area (Å²) in [5.74, 6) is 5.98. The second-order valence-electron chi connectivity index (χ2n) is 5.41. The Bertz CT molecular complexity index is 729. The summed E-state index contributed by atoms with van der Waals surface area (Å²) in [6.45, 7) is 0.106. The molecular formula is C17H18N2O3S. The van der Waals surface area contributed by atoms with Gasteiger partial charge in [0.2, 0.25) is 0 Å². The van der Waals surface area contributed by atoms with Crippen LogP contribution in [0, 0.1) is 11.8 Å². The van der Waals surface area contributed by atoms with Crippen LogP contribution in [0.3, 0.4) is 0 Å². The molecule has 1 fully saturated rings. The third-order valence-corrected chi connectivity index (χ3v) is 4.96. The number of fused-ring (bicyclic) bond motifs is 1. The molecule has 1 aliphatic rings. The standard InChI is InChI=1S/C17H18N2O3S/c18-17(20)19(21)10-4-3-6-13-8-9-14(22-13)16-11-12-5-1-2-7-15(12)23-16/h1-2,5,7,11,13-14,21H,4,8-10H2,(H2,18,20)/t13-,14+/m1/s1. The number of ether oxygens (including phenoxy) is 1. The summed E-state index contributed by atoms with van der Waals surface area (Å²) in [6.07, 6.45) is 2.23. The first kappa shape index (κ1) is 15.8. The van der Waals surface area contributed by atoms with Crippen molar-refractivity contribution < 1.29 is 14.7 Å². The summed E-state index contributed by atoms with van der Waals surface area (Å²) < 4.78 is 7.27. The van der Waals surface area contributed by atoms with Crippen molar-refractivity contribution in [1.82, 2.24) is 5.06 Å². The van der Waals surface area contributed by atoms with Crippen molar-refractivity contribution in [3.05, 3.63) is 35.2 Å². The van der Waals surface area contributed by atoms with Gasteiger partial charge in [0.25, 0.3) is 0 Å². The molecule has 2 amide bonds. The number of hydroxylamine groups is 2. The van der Waals surface area contributed by atoms with Crippen LogP contribution in [0.5, 0.6) is 0 Å². The maximum Gasteiger partial charge on any atom is 0.338 e. The van der Waals surface area contributed by atoms with E-state index in [4.69, 9.17) is 15.7 Å². The van der Waals surface area contributed by atoms with Gasteiger partial charge in [0.15, 0.2) is 0 Å². The minimum atomic E-state index is -0.867. The molecule has 6 heteroatoms. The van der Waals surface area contributed by atoms with Crippen molar-refractivity contribution in [2.45, 2.75) is 31.5 Å². The predicted molar refractivity (Wildman–Crippen MR) is 89.1 cm³/mol. The maximum atomic E-state index is 10.6. The lowest BCUT2D eigenvalue weighted by molar-refractivity contribution is -0.0373. The monoisotopic (exact) mass is 330 g/mol. The smallest absolute Gasteiger partial charge is 0.338 e. The molecule has 0 saturated carbocycles. The number of rotatable bonds is 3. The van der Waals surface area contributed by atoms with Crippen molar-refractivity contribution in [1.29, 1.82) is 0 Å². The molecule has 0 radical (unpaired) electrons. The molecule has 3 rings (SSSR count). The lowest BCUT2D eigenvalue weighted by Gasteiger charge is -2.09. The Labute approximate surface area is 138 Å². The van der Waals surface area contributed by atoms with E-state index in [-0.39, 0.29) is 18.8 Å². The molecule has 120 valence electrons. The van der Waals surface area contributed by atoms with Crippen LogP contribution >= 0.6 is 11.3 Å². The van der Waals surface area contributed by atoms with Gasteiger partial charge in [0.05, 0.1) is 12.6 Å². The second kappa shape index (κ2) is 7.01. The number of nitrogens with two attached hydrogens (primary N) is 1. The van der Waals surface area contributed by atoms with Crippen molar-refractivity contribution in [3.63, 3.8) is 0 Å². The minimum Gasteiger partial charge on any atom is -0.357 e. The number of thiophene rings is 1. The van der Waals surface area contributed by atoms with E-state index in [0.717, 1.165) is 12.8 Å². The summed E-state index contributed by atoms with van der Waals surface area (Å²) in [6, 6.07) is 9.64. The maximum absolute atomic E-state index is 10.6. The lowest BCUT2D eigenvalue weighted by Crippen LogP contribution is -2.33. The quantitative estimate of drug-likeness (QED) is 0.515. The van der Waals surface area contributed by atoms with E-state index in [1.807, 2.05) is 12.1 Å². The van der Waals surface area contributed by atoms with Crippen LogP contribution in [-0.4, -0.2) is 29.0 Å². The van der Waals surface area contributed by atoms with Gasteiger partial charge in [-0.05, 0) is 30.4 Å².